The van der Waals surface area contributed by atoms with Crippen molar-refractivity contribution in [2.24, 2.45) is 5.92 Å². The molecule has 0 aromatic heterocycles. The van der Waals surface area contributed by atoms with Crippen LogP contribution in [0.4, 0.5) is 0 Å². The van der Waals surface area contributed by atoms with Crippen molar-refractivity contribution in [2.45, 2.75) is 51.7 Å². The predicted molar refractivity (Wildman–Crippen MR) is 82.0 cm³/mol. The minimum atomic E-state index is -0.517. The lowest BCUT2D eigenvalue weighted by molar-refractivity contribution is 0.00578. The lowest BCUT2D eigenvalue weighted by atomic mass is 9.78. The van der Waals surface area contributed by atoms with Gasteiger partial charge in [-0.15, -0.1) is 0 Å². The number of rotatable bonds is 4. The van der Waals surface area contributed by atoms with Gasteiger partial charge in [0.2, 0.25) is 0 Å². The maximum atomic E-state index is 10.1. The van der Waals surface area contributed by atoms with Crippen LogP contribution >= 0.6 is 0 Å². The summed E-state index contributed by atoms with van der Waals surface area (Å²) in [7, 11) is -0.517. The Morgan fingerprint density at radius 2 is 1.81 bits per heavy atom. The number of hydrogen-bond donors (Lipinski definition) is 1. The lowest BCUT2D eigenvalue weighted by Crippen LogP contribution is -2.41. The van der Waals surface area contributed by atoms with E-state index in [2.05, 4.69) is 0 Å². The third-order valence-electron chi connectivity index (χ3n) is 4.69. The van der Waals surface area contributed by atoms with Gasteiger partial charge in [-0.05, 0) is 52.5 Å². The Kier molecular flexibility index (Phi) is 3.45. The summed E-state index contributed by atoms with van der Waals surface area (Å²) in [6.07, 6.45) is 2.42. The summed E-state index contributed by atoms with van der Waals surface area (Å²) in [5.74, 6) is 1.25. The summed E-state index contributed by atoms with van der Waals surface area (Å²) in [4.78, 5) is 0. The largest absolute Gasteiger partial charge is 0.504 e. The van der Waals surface area contributed by atoms with Gasteiger partial charge in [-0.25, -0.2) is 0 Å². The summed E-state index contributed by atoms with van der Waals surface area (Å²) in [6, 6.07) is 5.32. The van der Waals surface area contributed by atoms with Crippen LogP contribution in [0.2, 0.25) is 0 Å². The number of hydrogen-bond acceptors (Lipinski definition) is 4. The zero-order chi connectivity index (χ0) is 15.3. The van der Waals surface area contributed by atoms with Gasteiger partial charge in [-0.3, -0.25) is 0 Å². The highest BCUT2D eigenvalue weighted by Crippen LogP contribution is 2.38. The maximum Gasteiger partial charge on any atom is 0.498 e. The molecular formula is C16H23BO4. The van der Waals surface area contributed by atoms with Crippen molar-refractivity contribution in [2.75, 3.05) is 6.61 Å². The lowest BCUT2D eigenvalue weighted by Gasteiger charge is -2.32. The maximum absolute atomic E-state index is 10.1. The van der Waals surface area contributed by atoms with Crippen molar-refractivity contribution in [3.05, 3.63) is 18.2 Å². The van der Waals surface area contributed by atoms with E-state index in [4.69, 9.17) is 14.0 Å². The van der Waals surface area contributed by atoms with Crippen molar-refractivity contribution >= 4 is 12.6 Å². The highest BCUT2D eigenvalue weighted by Gasteiger charge is 2.52. The van der Waals surface area contributed by atoms with Gasteiger partial charge < -0.3 is 19.2 Å². The third-order valence-corrected chi connectivity index (χ3v) is 4.69. The van der Waals surface area contributed by atoms with Crippen LogP contribution in [0, 0.1) is 5.92 Å². The van der Waals surface area contributed by atoms with E-state index in [1.54, 1.807) is 12.1 Å². The summed E-state index contributed by atoms with van der Waals surface area (Å²) in [5, 5.41) is 10.1. The number of para-hydroxylation sites is 1. The summed E-state index contributed by atoms with van der Waals surface area (Å²) >= 11 is 0. The molecule has 1 aromatic rings. The molecule has 5 heteroatoms. The molecular weight excluding hydrogens is 267 g/mol. The quantitative estimate of drug-likeness (QED) is 0.865. The second kappa shape index (κ2) is 4.92. The van der Waals surface area contributed by atoms with Gasteiger partial charge in [-0.2, -0.15) is 0 Å². The highest BCUT2D eigenvalue weighted by atomic mass is 16.7. The average Bonchev–Trinajstić information content (AvgIpc) is 3.16. The molecule has 1 saturated carbocycles. The van der Waals surface area contributed by atoms with Crippen molar-refractivity contribution < 1.29 is 19.2 Å². The van der Waals surface area contributed by atoms with E-state index < -0.39 is 18.3 Å². The van der Waals surface area contributed by atoms with Gasteiger partial charge in [0, 0.05) is 5.46 Å². The number of aromatic hydroxyl groups is 1. The first-order valence-corrected chi connectivity index (χ1v) is 7.60. The van der Waals surface area contributed by atoms with Crippen molar-refractivity contribution in [1.29, 1.82) is 0 Å². The Morgan fingerprint density at radius 1 is 1.19 bits per heavy atom. The Labute approximate surface area is 126 Å². The fraction of sp³-hybridized carbons (Fsp3) is 0.625. The normalized spacial score (nSPS) is 23.3. The Balaban J connectivity index is 1.86. The third kappa shape index (κ3) is 2.77. The first kappa shape index (κ1) is 14.7. The molecule has 0 unspecified atom stereocenters. The summed E-state index contributed by atoms with van der Waals surface area (Å²) < 4.78 is 17.9. The van der Waals surface area contributed by atoms with Gasteiger partial charge in [0.25, 0.3) is 0 Å². The molecule has 1 aromatic carbocycles. The molecule has 0 bridgehead atoms. The molecule has 0 amide bonds. The Hall–Kier alpha value is -1.20. The molecule has 4 nitrogen and oxygen atoms in total. The van der Waals surface area contributed by atoms with Gasteiger partial charge in [0.15, 0.2) is 11.5 Å². The van der Waals surface area contributed by atoms with Crippen LogP contribution in [-0.4, -0.2) is 30.0 Å². The minimum Gasteiger partial charge on any atom is -0.504 e. The van der Waals surface area contributed by atoms with Crippen molar-refractivity contribution in [3.63, 3.8) is 0 Å². The van der Waals surface area contributed by atoms with Crippen LogP contribution in [0.25, 0.3) is 0 Å². The molecule has 1 heterocycles. The first-order chi connectivity index (χ1) is 9.80. The topological polar surface area (TPSA) is 47.9 Å². The van der Waals surface area contributed by atoms with E-state index in [0.717, 1.165) is 5.46 Å². The van der Waals surface area contributed by atoms with E-state index in [0.29, 0.717) is 18.3 Å². The van der Waals surface area contributed by atoms with Crippen molar-refractivity contribution in [1.82, 2.24) is 0 Å². The smallest absolute Gasteiger partial charge is 0.498 e. The predicted octanol–water partition coefficient (Wildman–Crippen LogP) is 2.48. The van der Waals surface area contributed by atoms with Crippen molar-refractivity contribution in [3.8, 4) is 11.5 Å². The summed E-state index contributed by atoms with van der Waals surface area (Å²) in [6.45, 7) is 8.70. The molecule has 2 fully saturated rings. The van der Waals surface area contributed by atoms with Gasteiger partial charge in [0.05, 0.1) is 17.8 Å². The number of phenolic OH excluding ortho intramolecular Hbond substituents is 1. The SMILES string of the molecule is CC1(C)OB(c2cccc(O)c2OCC2CC2)OC1(C)C. The molecule has 2 aliphatic rings. The van der Waals surface area contributed by atoms with E-state index >= 15 is 0 Å². The average molecular weight is 290 g/mol. The molecule has 0 atom stereocenters. The fourth-order valence-corrected chi connectivity index (χ4v) is 2.34. The van der Waals surface area contributed by atoms with Gasteiger partial charge in [0.1, 0.15) is 0 Å². The van der Waals surface area contributed by atoms with E-state index in [-0.39, 0.29) is 5.75 Å². The minimum absolute atomic E-state index is 0.142. The standard InChI is InChI=1S/C16H23BO4/c1-15(2)16(3,4)21-17(20-15)12-6-5-7-13(18)14(12)19-10-11-8-9-11/h5-7,11,18H,8-10H2,1-4H3. The number of ether oxygens (including phenoxy) is 1. The highest BCUT2D eigenvalue weighted by molar-refractivity contribution is 6.63. The van der Waals surface area contributed by atoms with Crippen LogP contribution in [0.1, 0.15) is 40.5 Å². The molecule has 1 aliphatic heterocycles. The zero-order valence-corrected chi connectivity index (χ0v) is 13.2. The molecule has 0 radical (unpaired) electrons. The number of benzene rings is 1. The van der Waals surface area contributed by atoms with Crippen LogP contribution < -0.4 is 10.2 Å². The van der Waals surface area contributed by atoms with Crippen LogP contribution in [0.5, 0.6) is 11.5 Å². The van der Waals surface area contributed by atoms with Crippen LogP contribution in [0.3, 0.4) is 0 Å². The van der Waals surface area contributed by atoms with E-state index in [1.807, 2.05) is 33.8 Å². The molecule has 21 heavy (non-hydrogen) atoms. The molecule has 1 N–H and O–H groups in total. The van der Waals surface area contributed by atoms with Crippen LogP contribution in [0.15, 0.2) is 18.2 Å². The first-order valence-electron chi connectivity index (χ1n) is 7.60. The van der Waals surface area contributed by atoms with Gasteiger partial charge in [-0.1, -0.05) is 12.1 Å². The van der Waals surface area contributed by atoms with Crippen LogP contribution in [-0.2, 0) is 9.31 Å². The fourth-order valence-electron chi connectivity index (χ4n) is 2.34. The molecule has 114 valence electrons. The monoisotopic (exact) mass is 290 g/mol. The molecule has 1 aliphatic carbocycles. The van der Waals surface area contributed by atoms with E-state index in [9.17, 15) is 5.11 Å². The molecule has 0 spiro atoms. The van der Waals surface area contributed by atoms with E-state index in [1.165, 1.54) is 12.8 Å². The van der Waals surface area contributed by atoms with Gasteiger partial charge >= 0.3 is 7.12 Å². The second-order valence-corrected chi connectivity index (χ2v) is 7.04. The summed E-state index contributed by atoms with van der Waals surface area (Å²) in [5.41, 5.74) is -0.0531. The Bertz CT molecular complexity index is 521. The zero-order valence-electron chi connectivity index (χ0n) is 13.2. The number of phenols is 1. The molecule has 3 rings (SSSR count). The Morgan fingerprint density at radius 3 is 2.38 bits per heavy atom. The molecule has 1 saturated heterocycles. The second-order valence-electron chi connectivity index (χ2n) is 7.04.